The molecule has 2 fully saturated rings. The predicted octanol–water partition coefficient (Wildman–Crippen LogP) is 1.83. The van der Waals surface area contributed by atoms with Gasteiger partial charge < -0.3 is 10.2 Å². The fourth-order valence-electron chi connectivity index (χ4n) is 3.93. The summed E-state index contributed by atoms with van der Waals surface area (Å²) in [4.78, 5) is 7.92. The highest BCUT2D eigenvalue weighted by molar-refractivity contribution is 5.25. The highest BCUT2D eigenvalue weighted by Crippen LogP contribution is 2.24. The van der Waals surface area contributed by atoms with Crippen LogP contribution in [-0.2, 0) is 6.42 Å². The number of nitrogens with one attached hydrogen (secondary N) is 1. The normalized spacial score (nSPS) is 22.6. The molecule has 0 bridgehead atoms. The van der Waals surface area contributed by atoms with Crippen LogP contribution in [0.25, 0.3) is 0 Å². The zero-order valence-electron chi connectivity index (χ0n) is 15.5. The van der Waals surface area contributed by atoms with Gasteiger partial charge in [-0.3, -0.25) is 9.80 Å². The maximum absolute atomic E-state index is 3.49. The molecule has 0 saturated carbocycles. The standard InChI is InChI=1S/C20H34N4/c1-3-18-5-7-19(8-6-18)20(24-11-9-21-10-12-24)17-23-15-13-22(4-2)14-16-23/h5-8,20-21H,3-4,9-17H2,1-2H3. The van der Waals surface area contributed by atoms with E-state index in [1.165, 1.54) is 50.4 Å². The van der Waals surface area contributed by atoms with Gasteiger partial charge in [0, 0.05) is 64.9 Å². The molecule has 2 aliphatic heterocycles. The molecular formula is C20H34N4. The third-order valence-corrected chi connectivity index (χ3v) is 5.71. The van der Waals surface area contributed by atoms with Gasteiger partial charge in [0.15, 0.2) is 0 Å². The molecule has 1 atom stereocenters. The molecule has 2 heterocycles. The molecule has 0 radical (unpaired) electrons. The molecule has 1 aromatic rings. The second kappa shape index (κ2) is 8.95. The van der Waals surface area contributed by atoms with Crippen LogP contribution in [0.4, 0.5) is 0 Å². The number of hydrogen-bond donors (Lipinski definition) is 1. The number of benzene rings is 1. The van der Waals surface area contributed by atoms with Gasteiger partial charge in [0.25, 0.3) is 0 Å². The number of hydrogen-bond acceptors (Lipinski definition) is 4. The van der Waals surface area contributed by atoms with E-state index in [1.54, 1.807) is 0 Å². The van der Waals surface area contributed by atoms with Crippen molar-refractivity contribution in [1.82, 2.24) is 20.0 Å². The third-order valence-electron chi connectivity index (χ3n) is 5.71. The lowest BCUT2D eigenvalue weighted by atomic mass is 10.0. The molecule has 1 aromatic carbocycles. The Hall–Kier alpha value is -0.940. The Labute approximate surface area is 147 Å². The van der Waals surface area contributed by atoms with Gasteiger partial charge >= 0.3 is 0 Å². The summed E-state index contributed by atoms with van der Waals surface area (Å²) in [5.41, 5.74) is 2.93. The first-order chi connectivity index (χ1) is 11.8. The molecule has 0 aromatic heterocycles. The van der Waals surface area contributed by atoms with Crippen molar-refractivity contribution in [2.24, 2.45) is 0 Å². The Kier molecular flexibility index (Phi) is 6.67. The highest BCUT2D eigenvalue weighted by Gasteiger charge is 2.26. The number of aryl methyl sites for hydroxylation is 1. The Bertz CT molecular complexity index is 473. The third kappa shape index (κ3) is 4.57. The molecule has 2 aliphatic rings. The van der Waals surface area contributed by atoms with Crippen LogP contribution in [0, 0.1) is 0 Å². The van der Waals surface area contributed by atoms with Gasteiger partial charge in [-0.25, -0.2) is 0 Å². The zero-order valence-corrected chi connectivity index (χ0v) is 15.5. The van der Waals surface area contributed by atoms with E-state index in [2.05, 4.69) is 58.1 Å². The first-order valence-corrected chi connectivity index (χ1v) is 9.78. The van der Waals surface area contributed by atoms with Crippen LogP contribution in [-0.4, -0.2) is 80.1 Å². The van der Waals surface area contributed by atoms with Gasteiger partial charge in [0.2, 0.25) is 0 Å². The summed E-state index contributed by atoms with van der Waals surface area (Å²) in [5, 5.41) is 3.49. The quantitative estimate of drug-likeness (QED) is 0.859. The van der Waals surface area contributed by atoms with E-state index in [0.29, 0.717) is 6.04 Å². The summed E-state index contributed by atoms with van der Waals surface area (Å²) in [5.74, 6) is 0. The molecule has 0 amide bonds. The molecule has 0 spiro atoms. The lowest BCUT2D eigenvalue weighted by Gasteiger charge is -2.41. The first kappa shape index (κ1) is 17.9. The number of nitrogens with zero attached hydrogens (tertiary/aromatic N) is 3. The molecule has 3 rings (SSSR count). The lowest BCUT2D eigenvalue weighted by molar-refractivity contribution is 0.0856. The second-order valence-corrected chi connectivity index (χ2v) is 7.13. The van der Waals surface area contributed by atoms with Crippen LogP contribution >= 0.6 is 0 Å². The van der Waals surface area contributed by atoms with Crippen LogP contribution in [0.1, 0.15) is 31.0 Å². The van der Waals surface area contributed by atoms with Crippen LogP contribution in [0.5, 0.6) is 0 Å². The topological polar surface area (TPSA) is 21.8 Å². The molecule has 1 unspecified atom stereocenters. The molecule has 0 aliphatic carbocycles. The van der Waals surface area contributed by atoms with Crippen molar-refractivity contribution in [3.05, 3.63) is 35.4 Å². The minimum absolute atomic E-state index is 0.534. The van der Waals surface area contributed by atoms with Gasteiger partial charge in [0.05, 0.1) is 0 Å². The monoisotopic (exact) mass is 330 g/mol. The lowest BCUT2D eigenvalue weighted by Crippen LogP contribution is -2.51. The van der Waals surface area contributed by atoms with Gasteiger partial charge in [-0.1, -0.05) is 38.1 Å². The summed E-state index contributed by atoms with van der Waals surface area (Å²) in [7, 11) is 0. The van der Waals surface area contributed by atoms with Crippen LogP contribution < -0.4 is 5.32 Å². The Morgan fingerprint density at radius 3 is 2.08 bits per heavy atom. The van der Waals surface area contributed by atoms with Gasteiger partial charge in [-0.2, -0.15) is 0 Å². The maximum Gasteiger partial charge on any atom is 0.0476 e. The SMILES string of the molecule is CCc1ccc(C(CN2CCN(CC)CC2)N2CCNCC2)cc1. The fourth-order valence-corrected chi connectivity index (χ4v) is 3.93. The van der Waals surface area contributed by atoms with Crippen LogP contribution in [0.2, 0.25) is 0 Å². The van der Waals surface area contributed by atoms with Crippen molar-refractivity contribution in [1.29, 1.82) is 0 Å². The van der Waals surface area contributed by atoms with Gasteiger partial charge in [-0.05, 0) is 24.1 Å². The molecule has 2 saturated heterocycles. The van der Waals surface area contributed by atoms with E-state index in [1.807, 2.05) is 0 Å². The van der Waals surface area contributed by atoms with E-state index < -0.39 is 0 Å². The number of likely N-dealkylation sites (N-methyl/N-ethyl adjacent to an activating group) is 1. The summed E-state index contributed by atoms with van der Waals surface area (Å²) in [6.45, 7) is 16.3. The number of piperazine rings is 2. The molecule has 1 N–H and O–H groups in total. The molecular weight excluding hydrogens is 296 g/mol. The van der Waals surface area contributed by atoms with E-state index in [0.717, 1.165) is 32.6 Å². The Balaban J connectivity index is 1.69. The smallest absolute Gasteiger partial charge is 0.0476 e. The van der Waals surface area contributed by atoms with Crippen molar-refractivity contribution in [3.8, 4) is 0 Å². The van der Waals surface area contributed by atoms with E-state index >= 15 is 0 Å². The van der Waals surface area contributed by atoms with Crippen molar-refractivity contribution in [2.75, 3.05) is 65.4 Å². The van der Waals surface area contributed by atoms with Crippen LogP contribution in [0.3, 0.4) is 0 Å². The maximum atomic E-state index is 3.49. The largest absolute Gasteiger partial charge is 0.314 e. The van der Waals surface area contributed by atoms with Crippen LogP contribution in [0.15, 0.2) is 24.3 Å². The van der Waals surface area contributed by atoms with Crippen molar-refractivity contribution < 1.29 is 0 Å². The van der Waals surface area contributed by atoms with E-state index in [4.69, 9.17) is 0 Å². The van der Waals surface area contributed by atoms with Gasteiger partial charge in [0.1, 0.15) is 0 Å². The fraction of sp³-hybridized carbons (Fsp3) is 0.700. The van der Waals surface area contributed by atoms with Crippen molar-refractivity contribution >= 4 is 0 Å². The predicted molar refractivity (Wildman–Crippen MR) is 102 cm³/mol. The minimum atomic E-state index is 0.534. The molecule has 4 nitrogen and oxygen atoms in total. The van der Waals surface area contributed by atoms with Crippen molar-refractivity contribution in [3.63, 3.8) is 0 Å². The second-order valence-electron chi connectivity index (χ2n) is 7.13. The van der Waals surface area contributed by atoms with Gasteiger partial charge in [-0.15, -0.1) is 0 Å². The number of rotatable bonds is 6. The minimum Gasteiger partial charge on any atom is -0.314 e. The molecule has 24 heavy (non-hydrogen) atoms. The molecule has 134 valence electrons. The Morgan fingerprint density at radius 2 is 1.50 bits per heavy atom. The first-order valence-electron chi connectivity index (χ1n) is 9.78. The van der Waals surface area contributed by atoms with E-state index in [-0.39, 0.29) is 0 Å². The summed E-state index contributed by atoms with van der Waals surface area (Å²) in [6.07, 6.45) is 1.12. The average molecular weight is 331 g/mol. The molecule has 4 heteroatoms. The van der Waals surface area contributed by atoms with E-state index in [9.17, 15) is 0 Å². The summed E-state index contributed by atoms with van der Waals surface area (Å²) < 4.78 is 0. The summed E-state index contributed by atoms with van der Waals surface area (Å²) in [6, 6.07) is 9.91. The Morgan fingerprint density at radius 1 is 0.875 bits per heavy atom. The summed E-state index contributed by atoms with van der Waals surface area (Å²) >= 11 is 0. The van der Waals surface area contributed by atoms with Crippen molar-refractivity contribution in [2.45, 2.75) is 26.3 Å². The highest BCUT2D eigenvalue weighted by atomic mass is 15.3. The average Bonchev–Trinajstić information content (AvgIpc) is 2.67. The zero-order chi connectivity index (χ0) is 16.8.